The maximum Gasteiger partial charge on any atom is 0.0122 e. The number of hydrogen-bond acceptors (Lipinski definition) is 3. The summed E-state index contributed by atoms with van der Waals surface area (Å²) in [5, 5.41) is 3.48. The van der Waals surface area contributed by atoms with Gasteiger partial charge in [-0.3, -0.25) is 4.90 Å². The van der Waals surface area contributed by atoms with E-state index in [0.29, 0.717) is 6.04 Å². The number of nitrogens with one attached hydrogen (secondary N) is 1. The van der Waals surface area contributed by atoms with Gasteiger partial charge in [0.1, 0.15) is 0 Å². The second-order valence-corrected chi connectivity index (χ2v) is 6.52. The minimum Gasteiger partial charge on any atom is -0.317 e. The number of nitrogens with zero attached hydrogens (tertiary/aromatic N) is 2. The summed E-state index contributed by atoms with van der Waals surface area (Å²) in [5.74, 6) is 0.924. The van der Waals surface area contributed by atoms with Crippen LogP contribution in [0.1, 0.15) is 39.5 Å². The van der Waals surface area contributed by atoms with Crippen LogP contribution < -0.4 is 5.32 Å². The monoisotopic (exact) mass is 253 g/mol. The molecular weight excluding hydrogens is 222 g/mol. The predicted octanol–water partition coefficient (Wildman–Crippen LogP) is 1.79. The molecule has 2 heterocycles. The summed E-state index contributed by atoms with van der Waals surface area (Å²) in [5.41, 5.74) is 0. The lowest BCUT2D eigenvalue weighted by atomic mass is 9.94. The van der Waals surface area contributed by atoms with E-state index in [0.717, 1.165) is 12.0 Å². The fourth-order valence-corrected chi connectivity index (χ4v) is 3.47. The first-order valence-electron chi connectivity index (χ1n) is 7.82. The van der Waals surface area contributed by atoms with E-state index in [-0.39, 0.29) is 0 Å². The highest BCUT2D eigenvalue weighted by atomic mass is 15.2. The molecule has 0 aromatic rings. The first-order chi connectivity index (χ1) is 8.66. The van der Waals surface area contributed by atoms with Gasteiger partial charge in [0.15, 0.2) is 0 Å². The van der Waals surface area contributed by atoms with Crippen LogP contribution in [0.4, 0.5) is 0 Å². The van der Waals surface area contributed by atoms with E-state index in [1.807, 2.05) is 0 Å². The molecule has 3 heteroatoms. The lowest BCUT2D eigenvalue weighted by Crippen LogP contribution is -2.49. The first kappa shape index (κ1) is 14.3. The first-order valence-corrected chi connectivity index (χ1v) is 7.82. The van der Waals surface area contributed by atoms with Crippen molar-refractivity contribution in [3.63, 3.8) is 0 Å². The Morgan fingerprint density at radius 3 is 2.28 bits per heavy atom. The quantitative estimate of drug-likeness (QED) is 0.824. The second kappa shape index (κ2) is 6.88. The van der Waals surface area contributed by atoms with Gasteiger partial charge in [-0.1, -0.05) is 0 Å². The molecule has 2 aliphatic heterocycles. The maximum atomic E-state index is 3.48. The lowest BCUT2D eigenvalue weighted by molar-refractivity contribution is 0.0725. The van der Waals surface area contributed by atoms with Crippen LogP contribution in [0.5, 0.6) is 0 Å². The smallest absolute Gasteiger partial charge is 0.0122 e. The normalized spacial score (nSPS) is 25.2. The predicted molar refractivity (Wildman–Crippen MR) is 78.0 cm³/mol. The van der Waals surface area contributed by atoms with Crippen molar-refractivity contribution >= 4 is 0 Å². The number of likely N-dealkylation sites (tertiary alicyclic amines) is 1. The third-order valence-corrected chi connectivity index (χ3v) is 4.75. The van der Waals surface area contributed by atoms with Crippen molar-refractivity contribution < 1.29 is 0 Å². The standard InChI is InChI=1S/C15H31N3/c1-13(2)18(12-14-4-8-16-9-5-14)15-6-10-17(3)11-7-15/h13-16H,4-12H2,1-3H3. The Morgan fingerprint density at radius 2 is 1.72 bits per heavy atom. The molecule has 0 spiro atoms. The van der Waals surface area contributed by atoms with Crippen molar-refractivity contribution in [2.24, 2.45) is 5.92 Å². The van der Waals surface area contributed by atoms with Crippen LogP contribution in [-0.2, 0) is 0 Å². The SMILES string of the molecule is CC(C)N(CC1CCNCC1)C1CCN(C)CC1. The Morgan fingerprint density at radius 1 is 1.11 bits per heavy atom. The molecule has 0 saturated carbocycles. The van der Waals surface area contributed by atoms with Gasteiger partial charge in [0.2, 0.25) is 0 Å². The van der Waals surface area contributed by atoms with E-state index >= 15 is 0 Å². The molecular formula is C15H31N3. The molecule has 0 unspecified atom stereocenters. The van der Waals surface area contributed by atoms with Crippen LogP contribution in [0.3, 0.4) is 0 Å². The second-order valence-electron chi connectivity index (χ2n) is 6.52. The molecule has 0 atom stereocenters. The van der Waals surface area contributed by atoms with Gasteiger partial charge < -0.3 is 10.2 Å². The van der Waals surface area contributed by atoms with Crippen molar-refractivity contribution in [2.75, 3.05) is 39.8 Å². The Bertz CT molecular complexity index is 228. The minimum absolute atomic E-state index is 0.702. The zero-order valence-corrected chi connectivity index (χ0v) is 12.5. The molecule has 0 amide bonds. The van der Waals surface area contributed by atoms with Crippen LogP contribution in [0.15, 0.2) is 0 Å². The summed E-state index contributed by atoms with van der Waals surface area (Å²) < 4.78 is 0. The van der Waals surface area contributed by atoms with Crippen LogP contribution in [-0.4, -0.2) is 61.7 Å². The van der Waals surface area contributed by atoms with Gasteiger partial charge in [-0.25, -0.2) is 0 Å². The van der Waals surface area contributed by atoms with Crippen molar-refractivity contribution in [1.82, 2.24) is 15.1 Å². The number of piperidine rings is 2. The molecule has 2 saturated heterocycles. The summed E-state index contributed by atoms with van der Waals surface area (Å²) in [6.07, 6.45) is 5.46. The van der Waals surface area contributed by atoms with Gasteiger partial charge in [0, 0.05) is 18.6 Å². The van der Waals surface area contributed by atoms with Crippen molar-refractivity contribution in [2.45, 2.75) is 51.6 Å². The van der Waals surface area contributed by atoms with Crippen LogP contribution in [0.25, 0.3) is 0 Å². The molecule has 0 bridgehead atoms. The van der Waals surface area contributed by atoms with Crippen LogP contribution in [0.2, 0.25) is 0 Å². The largest absolute Gasteiger partial charge is 0.317 e. The van der Waals surface area contributed by atoms with Gasteiger partial charge in [0.05, 0.1) is 0 Å². The summed E-state index contributed by atoms with van der Waals surface area (Å²) >= 11 is 0. The maximum absolute atomic E-state index is 3.48. The average molecular weight is 253 g/mol. The fraction of sp³-hybridized carbons (Fsp3) is 1.00. The molecule has 0 aromatic heterocycles. The highest BCUT2D eigenvalue weighted by Crippen LogP contribution is 2.22. The fourth-order valence-electron chi connectivity index (χ4n) is 3.47. The molecule has 1 N–H and O–H groups in total. The molecule has 3 nitrogen and oxygen atoms in total. The van der Waals surface area contributed by atoms with E-state index in [4.69, 9.17) is 0 Å². The average Bonchev–Trinajstić information content (AvgIpc) is 2.38. The Balaban J connectivity index is 1.86. The Labute approximate surface area is 113 Å². The van der Waals surface area contributed by atoms with Crippen molar-refractivity contribution in [1.29, 1.82) is 0 Å². The molecule has 0 radical (unpaired) electrons. The van der Waals surface area contributed by atoms with Crippen molar-refractivity contribution in [3.8, 4) is 0 Å². The zero-order chi connectivity index (χ0) is 13.0. The van der Waals surface area contributed by atoms with Crippen molar-refractivity contribution in [3.05, 3.63) is 0 Å². The topological polar surface area (TPSA) is 18.5 Å². The molecule has 0 aromatic carbocycles. The van der Waals surface area contributed by atoms with E-state index in [9.17, 15) is 0 Å². The van der Waals surface area contributed by atoms with Crippen LogP contribution >= 0.6 is 0 Å². The summed E-state index contributed by atoms with van der Waals surface area (Å²) in [6.45, 7) is 11.1. The Kier molecular flexibility index (Phi) is 5.46. The third kappa shape index (κ3) is 3.94. The van der Waals surface area contributed by atoms with Gasteiger partial charge in [-0.2, -0.15) is 0 Å². The van der Waals surface area contributed by atoms with E-state index in [2.05, 4.69) is 36.0 Å². The van der Waals surface area contributed by atoms with E-state index in [1.165, 1.54) is 58.4 Å². The lowest BCUT2D eigenvalue weighted by Gasteiger charge is -2.42. The van der Waals surface area contributed by atoms with Gasteiger partial charge >= 0.3 is 0 Å². The molecule has 0 aliphatic carbocycles. The molecule has 2 fully saturated rings. The highest BCUT2D eigenvalue weighted by Gasteiger charge is 2.27. The zero-order valence-electron chi connectivity index (χ0n) is 12.5. The third-order valence-electron chi connectivity index (χ3n) is 4.75. The summed E-state index contributed by atoms with van der Waals surface area (Å²) in [6, 6.07) is 1.53. The van der Waals surface area contributed by atoms with Gasteiger partial charge in [0.25, 0.3) is 0 Å². The molecule has 2 aliphatic rings. The highest BCUT2D eigenvalue weighted by molar-refractivity contribution is 4.83. The number of hydrogen-bond donors (Lipinski definition) is 1. The summed E-state index contributed by atoms with van der Waals surface area (Å²) in [7, 11) is 2.25. The van der Waals surface area contributed by atoms with E-state index in [1.54, 1.807) is 0 Å². The van der Waals surface area contributed by atoms with Gasteiger partial charge in [-0.05, 0) is 78.7 Å². The van der Waals surface area contributed by atoms with E-state index < -0.39 is 0 Å². The molecule has 106 valence electrons. The Hall–Kier alpha value is -0.120. The summed E-state index contributed by atoms with van der Waals surface area (Å²) in [4.78, 5) is 5.27. The van der Waals surface area contributed by atoms with Crippen LogP contribution in [0, 0.1) is 5.92 Å². The number of rotatable bonds is 4. The van der Waals surface area contributed by atoms with Gasteiger partial charge in [-0.15, -0.1) is 0 Å². The molecule has 18 heavy (non-hydrogen) atoms. The molecule has 2 rings (SSSR count). The minimum atomic E-state index is 0.702.